The molecule has 0 saturated carbocycles. The monoisotopic (exact) mass is 271 g/mol. The van der Waals surface area contributed by atoms with Gasteiger partial charge in [-0.1, -0.05) is 36.4 Å². The molecule has 104 valence electrons. The molecule has 3 heteroatoms. The maximum Gasteiger partial charge on any atom is 0.123 e. The van der Waals surface area contributed by atoms with Crippen LogP contribution in [0.3, 0.4) is 0 Å². The molecule has 2 unspecified atom stereocenters. The third-order valence-electron chi connectivity index (χ3n) is 3.78. The van der Waals surface area contributed by atoms with Crippen molar-refractivity contribution in [1.29, 1.82) is 0 Å². The molecule has 2 nitrogen and oxygen atoms in total. The molecule has 0 fully saturated rings. The number of halogens is 1. The summed E-state index contributed by atoms with van der Waals surface area (Å²) < 4.78 is 19.1. The molecule has 0 saturated heterocycles. The van der Waals surface area contributed by atoms with Crippen molar-refractivity contribution >= 4 is 0 Å². The van der Waals surface area contributed by atoms with Crippen molar-refractivity contribution in [2.24, 2.45) is 5.73 Å². The van der Waals surface area contributed by atoms with E-state index in [2.05, 4.69) is 12.1 Å². The normalized spacial score (nSPS) is 19.4. The fourth-order valence-electron chi connectivity index (χ4n) is 2.82. The summed E-state index contributed by atoms with van der Waals surface area (Å²) in [4.78, 5) is 0. The Kier molecular flexibility index (Phi) is 3.81. The molecule has 20 heavy (non-hydrogen) atoms. The molecule has 0 bridgehead atoms. The van der Waals surface area contributed by atoms with E-state index >= 15 is 0 Å². The topological polar surface area (TPSA) is 35.2 Å². The zero-order chi connectivity index (χ0) is 13.9. The summed E-state index contributed by atoms with van der Waals surface area (Å²) in [6.45, 7) is 0.693. The van der Waals surface area contributed by atoms with Gasteiger partial charge in [-0.3, -0.25) is 0 Å². The Hall–Kier alpha value is -1.71. The molecule has 0 aromatic heterocycles. The average Bonchev–Trinajstić information content (AvgIpc) is 2.46. The predicted octanol–water partition coefficient (Wildman–Crippen LogP) is 3.01. The zero-order valence-electron chi connectivity index (χ0n) is 11.3. The Morgan fingerprint density at radius 1 is 1.20 bits per heavy atom. The SMILES string of the molecule is NC(Cc1cccc(F)c1)C1OCCc2ccccc21. The molecule has 1 aliphatic rings. The lowest BCUT2D eigenvalue weighted by Gasteiger charge is -2.30. The maximum absolute atomic E-state index is 13.2. The molecule has 2 N–H and O–H groups in total. The summed E-state index contributed by atoms with van der Waals surface area (Å²) in [5.74, 6) is -0.223. The van der Waals surface area contributed by atoms with Crippen molar-refractivity contribution in [2.45, 2.75) is 25.0 Å². The Bertz CT molecular complexity index is 599. The molecule has 2 atom stereocenters. The largest absolute Gasteiger partial charge is 0.372 e. The van der Waals surface area contributed by atoms with Crippen molar-refractivity contribution < 1.29 is 9.13 Å². The van der Waals surface area contributed by atoms with Crippen molar-refractivity contribution in [1.82, 2.24) is 0 Å². The van der Waals surface area contributed by atoms with Crippen LogP contribution in [0.2, 0.25) is 0 Å². The van der Waals surface area contributed by atoms with Crippen LogP contribution in [0.15, 0.2) is 48.5 Å². The van der Waals surface area contributed by atoms with E-state index in [1.54, 1.807) is 6.07 Å². The van der Waals surface area contributed by atoms with Gasteiger partial charge < -0.3 is 10.5 Å². The van der Waals surface area contributed by atoms with Crippen LogP contribution in [0.25, 0.3) is 0 Å². The lowest BCUT2D eigenvalue weighted by molar-refractivity contribution is 0.0246. The van der Waals surface area contributed by atoms with Gasteiger partial charge in [0, 0.05) is 6.04 Å². The number of rotatable bonds is 3. The van der Waals surface area contributed by atoms with Gasteiger partial charge in [-0.05, 0) is 41.7 Å². The van der Waals surface area contributed by atoms with Crippen molar-refractivity contribution in [3.05, 3.63) is 71.0 Å². The summed E-state index contributed by atoms with van der Waals surface area (Å²) in [6.07, 6.45) is 1.43. The van der Waals surface area contributed by atoms with E-state index in [4.69, 9.17) is 10.5 Å². The quantitative estimate of drug-likeness (QED) is 0.931. The van der Waals surface area contributed by atoms with E-state index in [9.17, 15) is 4.39 Å². The Labute approximate surface area is 118 Å². The minimum atomic E-state index is -0.223. The van der Waals surface area contributed by atoms with Gasteiger partial charge >= 0.3 is 0 Å². The second-order valence-corrected chi connectivity index (χ2v) is 5.24. The number of ether oxygens (including phenoxy) is 1. The van der Waals surface area contributed by atoms with Crippen LogP contribution in [0, 0.1) is 5.82 Å². The first-order valence-electron chi connectivity index (χ1n) is 6.93. The molecule has 0 aliphatic carbocycles. The van der Waals surface area contributed by atoms with Gasteiger partial charge in [-0.15, -0.1) is 0 Å². The standard InChI is InChI=1S/C17H18FNO/c18-14-6-3-4-12(10-14)11-16(19)17-15-7-2-1-5-13(15)8-9-20-17/h1-7,10,16-17H,8-9,11,19H2. The van der Waals surface area contributed by atoms with Crippen LogP contribution < -0.4 is 5.73 Å². The van der Waals surface area contributed by atoms with Gasteiger partial charge in [0.1, 0.15) is 5.82 Å². The third kappa shape index (κ3) is 2.74. The number of nitrogens with two attached hydrogens (primary N) is 1. The molecular weight excluding hydrogens is 253 g/mol. The van der Waals surface area contributed by atoms with Crippen molar-refractivity contribution in [3.63, 3.8) is 0 Å². The smallest absolute Gasteiger partial charge is 0.123 e. The summed E-state index contributed by atoms with van der Waals surface area (Å²) in [5, 5.41) is 0. The molecule has 2 aromatic rings. The Balaban J connectivity index is 1.80. The number of hydrogen-bond donors (Lipinski definition) is 1. The van der Waals surface area contributed by atoms with Crippen molar-refractivity contribution in [2.75, 3.05) is 6.61 Å². The van der Waals surface area contributed by atoms with E-state index in [0.29, 0.717) is 13.0 Å². The molecule has 0 amide bonds. The van der Waals surface area contributed by atoms with Crippen molar-refractivity contribution in [3.8, 4) is 0 Å². The molecule has 2 aromatic carbocycles. The highest BCUT2D eigenvalue weighted by atomic mass is 19.1. The molecule has 3 rings (SSSR count). The molecule has 1 heterocycles. The molecule has 0 spiro atoms. The number of fused-ring (bicyclic) bond motifs is 1. The van der Waals surface area contributed by atoms with E-state index in [-0.39, 0.29) is 18.0 Å². The fourth-order valence-corrected chi connectivity index (χ4v) is 2.82. The number of hydrogen-bond acceptors (Lipinski definition) is 2. The average molecular weight is 271 g/mol. The van der Waals surface area contributed by atoms with Gasteiger partial charge in [0.15, 0.2) is 0 Å². The van der Waals surface area contributed by atoms with Crippen LogP contribution in [0.5, 0.6) is 0 Å². The maximum atomic E-state index is 13.2. The highest BCUT2D eigenvalue weighted by Crippen LogP contribution is 2.30. The predicted molar refractivity (Wildman–Crippen MR) is 76.9 cm³/mol. The van der Waals surface area contributed by atoms with Gasteiger partial charge in [0.05, 0.1) is 12.7 Å². The highest BCUT2D eigenvalue weighted by molar-refractivity contribution is 5.32. The van der Waals surface area contributed by atoms with Gasteiger partial charge in [0.2, 0.25) is 0 Å². The van der Waals surface area contributed by atoms with Crippen LogP contribution in [-0.4, -0.2) is 12.6 Å². The van der Waals surface area contributed by atoms with E-state index in [0.717, 1.165) is 12.0 Å². The van der Waals surface area contributed by atoms with E-state index < -0.39 is 0 Å². The zero-order valence-corrected chi connectivity index (χ0v) is 11.3. The van der Waals surface area contributed by atoms with Crippen LogP contribution >= 0.6 is 0 Å². The van der Waals surface area contributed by atoms with E-state index in [1.807, 2.05) is 18.2 Å². The van der Waals surface area contributed by atoms with Crippen LogP contribution in [0.4, 0.5) is 4.39 Å². The summed E-state index contributed by atoms with van der Waals surface area (Å²) in [7, 11) is 0. The summed E-state index contributed by atoms with van der Waals surface area (Å²) in [5.41, 5.74) is 9.68. The molecular formula is C17H18FNO. The first-order valence-corrected chi connectivity index (χ1v) is 6.93. The van der Waals surface area contributed by atoms with Crippen LogP contribution in [0.1, 0.15) is 22.8 Å². The minimum Gasteiger partial charge on any atom is -0.372 e. The first-order chi connectivity index (χ1) is 9.74. The lowest BCUT2D eigenvalue weighted by atomic mass is 9.91. The fraction of sp³-hybridized carbons (Fsp3) is 0.294. The second-order valence-electron chi connectivity index (χ2n) is 5.24. The molecule has 0 radical (unpaired) electrons. The van der Waals surface area contributed by atoms with Gasteiger partial charge in [-0.2, -0.15) is 0 Å². The summed E-state index contributed by atoms with van der Waals surface area (Å²) in [6, 6.07) is 14.7. The lowest BCUT2D eigenvalue weighted by Crippen LogP contribution is -2.35. The number of benzene rings is 2. The first kappa shape index (κ1) is 13.3. The Morgan fingerprint density at radius 2 is 2.05 bits per heavy atom. The van der Waals surface area contributed by atoms with Gasteiger partial charge in [0.25, 0.3) is 0 Å². The minimum absolute atomic E-state index is 0.108. The Morgan fingerprint density at radius 3 is 2.90 bits per heavy atom. The summed E-state index contributed by atoms with van der Waals surface area (Å²) >= 11 is 0. The van der Waals surface area contributed by atoms with Gasteiger partial charge in [-0.25, -0.2) is 4.39 Å². The molecule has 1 aliphatic heterocycles. The van der Waals surface area contributed by atoms with Crippen LogP contribution in [-0.2, 0) is 17.6 Å². The second kappa shape index (κ2) is 5.73. The van der Waals surface area contributed by atoms with E-state index in [1.165, 1.54) is 23.3 Å². The third-order valence-corrected chi connectivity index (χ3v) is 3.78. The highest BCUT2D eigenvalue weighted by Gasteiger charge is 2.26.